The molecule has 0 bridgehead atoms. The molecule has 3 heteroatoms. The summed E-state index contributed by atoms with van der Waals surface area (Å²) < 4.78 is 13.9. The van der Waals surface area contributed by atoms with E-state index in [-0.39, 0.29) is 5.82 Å². The molecular formula is C13H15FO2. The Kier molecular flexibility index (Phi) is 2.49. The number of aliphatic carboxylic acids is 1. The highest BCUT2D eigenvalue weighted by atomic mass is 19.1. The molecule has 0 spiro atoms. The lowest BCUT2D eigenvalue weighted by Crippen LogP contribution is -2.43. The van der Waals surface area contributed by atoms with E-state index in [1.165, 1.54) is 6.07 Å². The molecule has 0 unspecified atom stereocenters. The van der Waals surface area contributed by atoms with Crippen molar-refractivity contribution in [2.75, 3.05) is 0 Å². The van der Waals surface area contributed by atoms with Gasteiger partial charge in [0.05, 0.1) is 5.41 Å². The fraction of sp³-hybridized carbons (Fsp3) is 0.462. The van der Waals surface area contributed by atoms with Crippen molar-refractivity contribution < 1.29 is 14.3 Å². The Balaban J connectivity index is 2.59. The smallest absolute Gasteiger partial charge is 0.314 e. The maximum absolute atomic E-state index is 13.9. The van der Waals surface area contributed by atoms with Gasteiger partial charge in [-0.2, -0.15) is 0 Å². The molecule has 0 radical (unpaired) electrons. The molecule has 1 N–H and O–H groups in total. The standard InChI is InChI=1S/C13H15FO2/c1-8-6-9(2)11(10(14)7-8)13(12(15)16)4-3-5-13/h6-7H,3-5H2,1-2H3,(H,15,16). The number of carboxylic acids is 1. The number of benzene rings is 1. The molecule has 16 heavy (non-hydrogen) atoms. The molecule has 86 valence electrons. The van der Waals surface area contributed by atoms with Crippen LogP contribution in [0.5, 0.6) is 0 Å². The van der Waals surface area contributed by atoms with E-state index in [1.807, 2.05) is 13.0 Å². The lowest BCUT2D eigenvalue weighted by molar-refractivity contribution is -0.147. The first kappa shape index (κ1) is 11.1. The Bertz CT molecular complexity index is 424. The molecule has 1 aliphatic carbocycles. The summed E-state index contributed by atoms with van der Waals surface area (Å²) in [6.07, 6.45) is 1.95. The molecular weight excluding hydrogens is 207 g/mol. The highest BCUT2D eigenvalue weighted by Crippen LogP contribution is 2.46. The van der Waals surface area contributed by atoms with Crippen LogP contribution in [0, 0.1) is 19.7 Å². The van der Waals surface area contributed by atoms with Crippen LogP contribution >= 0.6 is 0 Å². The van der Waals surface area contributed by atoms with Crippen LogP contribution in [0.4, 0.5) is 4.39 Å². The van der Waals surface area contributed by atoms with Gasteiger partial charge in [0.1, 0.15) is 5.82 Å². The number of hydrogen-bond donors (Lipinski definition) is 1. The van der Waals surface area contributed by atoms with E-state index >= 15 is 0 Å². The largest absolute Gasteiger partial charge is 0.481 e. The molecule has 0 aromatic heterocycles. The normalized spacial score (nSPS) is 17.9. The molecule has 1 saturated carbocycles. The van der Waals surface area contributed by atoms with Gasteiger partial charge in [0.15, 0.2) is 0 Å². The second-order valence-corrected chi connectivity index (χ2v) is 4.68. The van der Waals surface area contributed by atoms with Crippen molar-refractivity contribution in [2.45, 2.75) is 38.5 Å². The van der Waals surface area contributed by atoms with Gasteiger partial charge >= 0.3 is 5.97 Å². The Labute approximate surface area is 94.1 Å². The van der Waals surface area contributed by atoms with E-state index in [4.69, 9.17) is 0 Å². The molecule has 0 heterocycles. The SMILES string of the molecule is Cc1cc(C)c(C2(C(=O)O)CCC2)c(F)c1. The first-order valence-corrected chi connectivity index (χ1v) is 5.48. The number of carbonyl (C=O) groups is 1. The number of halogens is 1. The Morgan fingerprint density at radius 2 is 2.00 bits per heavy atom. The summed E-state index contributed by atoms with van der Waals surface area (Å²) in [7, 11) is 0. The molecule has 0 amide bonds. The minimum atomic E-state index is -0.970. The Morgan fingerprint density at radius 3 is 2.38 bits per heavy atom. The van der Waals surface area contributed by atoms with Crippen LogP contribution in [-0.4, -0.2) is 11.1 Å². The third-order valence-electron chi connectivity index (χ3n) is 3.53. The predicted molar refractivity (Wildman–Crippen MR) is 59.0 cm³/mol. The van der Waals surface area contributed by atoms with Crippen molar-refractivity contribution in [1.29, 1.82) is 0 Å². The van der Waals surface area contributed by atoms with Crippen LogP contribution in [0.2, 0.25) is 0 Å². The van der Waals surface area contributed by atoms with Gasteiger partial charge < -0.3 is 5.11 Å². The maximum Gasteiger partial charge on any atom is 0.314 e. The van der Waals surface area contributed by atoms with Gasteiger partial charge in [-0.15, -0.1) is 0 Å². The summed E-state index contributed by atoms with van der Waals surface area (Å²) in [5.41, 5.74) is 0.997. The van der Waals surface area contributed by atoms with Crippen molar-refractivity contribution in [3.8, 4) is 0 Å². The monoisotopic (exact) mass is 222 g/mol. The molecule has 1 aromatic rings. The molecule has 1 aliphatic rings. The second-order valence-electron chi connectivity index (χ2n) is 4.68. The quantitative estimate of drug-likeness (QED) is 0.835. The zero-order valence-corrected chi connectivity index (χ0v) is 9.51. The van der Waals surface area contributed by atoms with E-state index in [1.54, 1.807) is 6.92 Å². The maximum atomic E-state index is 13.9. The molecule has 0 atom stereocenters. The van der Waals surface area contributed by atoms with Gasteiger partial charge in [-0.25, -0.2) is 4.39 Å². The van der Waals surface area contributed by atoms with Crippen molar-refractivity contribution >= 4 is 5.97 Å². The average Bonchev–Trinajstić information content (AvgIpc) is 2.06. The van der Waals surface area contributed by atoms with Crippen LogP contribution in [0.15, 0.2) is 12.1 Å². The van der Waals surface area contributed by atoms with E-state index in [0.29, 0.717) is 18.4 Å². The Morgan fingerprint density at radius 1 is 1.38 bits per heavy atom. The summed E-state index contributed by atoms with van der Waals surface area (Å²) in [5.74, 6) is -1.27. The van der Waals surface area contributed by atoms with Crippen LogP contribution in [0.3, 0.4) is 0 Å². The zero-order chi connectivity index (χ0) is 11.9. The lowest BCUT2D eigenvalue weighted by Gasteiger charge is -2.39. The van der Waals surface area contributed by atoms with Gasteiger partial charge in [0, 0.05) is 5.56 Å². The summed E-state index contributed by atoms with van der Waals surface area (Å²) in [5, 5.41) is 9.29. The summed E-state index contributed by atoms with van der Waals surface area (Å²) >= 11 is 0. The highest BCUT2D eigenvalue weighted by Gasteiger charge is 2.48. The predicted octanol–water partition coefficient (Wildman–Crippen LogP) is 2.95. The van der Waals surface area contributed by atoms with Gasteiger partial charge in [-0.05, 0) is 43.9 Å². The lowest BCUT2D eigenvalue weighted by atomic mass is 9.63. The molecule has 1 fully saturated rings. The van der Waals surface area contributed by atoms with Crippen LogP contribution in [0.1, 0.15) is 36.0 Å². The van der Waals surface area contributed by atoms with E-state index < -0.39 is 11.4 Å². The highest BCUT2D eigenvalue weighted by molar-refractivity contribution is 5.83. The Hall–Kier alpha value is -1.38. The van der Waals surface area contributed by atoms with Gasteiger partial charge in [-0.1, -0.05) is 12.5 Å². The minimum Gasteiger partial charge on any atom is -0.481 e. The fourth-order valence-corrected chi connectivity index (χ4v) is 2.62. The van der Waals surface area contributed by atoms with Gasteiger partial charge in [0.25, 0.3) is 0 Å². The summed E-state index contributed by atoms with van der Waals surface area (Å²) in [6.45, 7) is 3.60. The van der Waals surface area contributed by atoms with E-state index in [9.17, 15) is 14.3 Å². The third-order valence-corrected chi connectivity index (χ3v) is 3.53. The molecule has 0 saturated heterocycles. The van der Waals surface area contributed by atoms with Crippen molar-refractivity contribution in [2.24, 2.45) is 0 Å². The second kappa shape index (κ2) is 3.58. The molecule has 2 rings (SSSR count). The number of rotatable bonds is 2. The van der Waals surface area contributed by atoms with Crippen LogP contribution in [-0.2, 0) is 10.2 Å². The molecule has 0 aliphatic heterocycles. The van der Waals surface area contributed by atoms with Gasteiger partial charge in [-0.3, -0.25) is 4.79 Å². The number of carboxylic acid groups (broad SMARTS) is 1. The first-order chi connectivity index (χ1) is 7.47. The molecule has 2 nitrogen and oxygen atoms in total. The van der Waals surface area contributed by atoms with Crippen molar-refractivity contribution in [1.82, 2.24) is 0 Å². The fourth-order valence-electron chi connectivity index (χ4n) is 2.62. The minimum absolute atomic E-state index is 0.375. The summed E-state index contributed by atoms with van der Waals surface area (Å²) in [6, 6.07) is 3.27. The van der Waals surface area contributed by atoms with Crippen molar-refractivity contribution in [3.05, 3.63) is 34.6 Å². The number of hydrogen-bond acceptors (Lipinski definition) is 1. The number of aryl methyl sites for hydroxylation is 2. The van der Waals surface area contributed by atoms with Gasteiger partial charge in [0.2, 0.25) is 0 Å². The average molecular weight is 222 g/mol. The topological polar surface area (TPSA) is 37.3 Å². The van der Waals surface area contributed by atoms with Crippen molar-refractivity contribution in [3.63, 3.8) is 0 Å². The summed E-state index contributed by atoms with van der Waals surface area (Å²) in [4.78, 5) is 11.3. The van der Waals surface area contributed by atoms with Crippen LogP contribution in [0.25, 0.3) is 0 Å². The third kappa shape index (κ3) is 1.42. The first-order valence-electron chi connectivity index (χ1n) is 5.48. The zero-order valence-electron chi connectivity index (χ0n) is 9.51. The molecule has 1 aromatic carbocycles. The van der Waals surface area contributed by atoms with Crippen LogP contribution < -0.4 is 0 Å². The van der Waals surface area contributed by atoms with E-state index in [0.717, 1.165) is 17.5 Å². The van der Waals surface area contributed by atoms with E-state index in [2.05, 4.69) is 0 Å².